The minimum absolute atomic E-state index is 0.000433. The highest BCUT2D eigenvalue weighted by Gasteiger charge is 2.09. The van der Waals surface area contributed by atoms with Crippen LogP contribution in [0.2, 0.25) is 0 Å². The molecule has 19 heavy (non-hydrogen) atoms. The Morgan fingerprint density at radius 2 is 1.63 bits per heavy atom. The Morgan fingerprint density at radius 3 is 2.21 bits per heavy atom. The molecule has 0 radical (unpaired) electrons. The van der Waals surface area contributed by atoms with Gasteiger partial charge in [-0.05, 0) is 30.2 Å². The Labute approximate surface area is 112 Å². The summed E-state index contributed by atoms with van der Waals surface area (Å²) in [7, 11) is 0. The summed E-state index contributed by atoms with van der Waals surface area (Å²) < 4.78 is 5.54. The van der Waals surface area contributed by atoms with Crippen molar-refractivity contribution in [3.63, 3.8) is 0 Å². The van der Waals surface area contributed by atoms with Crippen LogP contribution in [0.25, 0.3) is 11.1 Å². The first-order valence-electron chi connectivity index (χ1n) is 6.19. The van der Waals surface area contributed by atoms with Gasteiger partial charge in [-0.25, -0.2) is 0 Å². The summed E-state index contributed by atoms with van der Waals surface area (Å²) in [6, 6.07) is 17.7. The van der Waals surface area contributed by atoms with E-state index in [1.165, 1.54) is 0 Å². The summed E-state index contributed by atoms with van der Waals surface area (Å²) in [5, 5.41) is 8.67. The molecule has 0 fully saturated rings. The average Bonchev–Trinajstić information content (AvgIpc) is 2.39. The first-order chi connectivity index (χ1) is 9.15. The molecule has 2 aromatic carbocycles. The second kappa shape index (κ2) is 6.05. The maximum Gasteiger partial charge on any atom is 0.307 e. The van der Waals surface area contributed by atoms with E-state index in [1.807, 2.05) is 54.6 Å². The van der Waals surface area contributed by atoms with Gasteiger partial charge >= 0.3 is 5.97 Å². The Morgan fingerprint density at radius 1 is 1.05 bits per heavy atom. The fraction of sp³-hybridized carbons (Fsp3) is 0.188. The molecule has 98 valence electrons. The summed E-state index contributed by atoms with van der Waals surface area (Å²) >= 11 is 0. The van der Waals surface area contributed by atoms with Crippen molar-refractivity contribution in [2.24, 2.45) is 0 Å². The van der Waals surface area contributed by atoms with Crippen molar-refractivity contribution in [3.8, 4) is 16.9 Å². The van der Waals surface area contributed by atoms with Crippen LogP contribution in [0.5, 0.6) is 5.75 Å². The molecule has 0 spiro atoms. The van der Waals surface area contributed by atoms with E-state index >= 15 is 0 Å². The quantitative estimate of drug-likeness (QED) is 0.889. The number of benzene rings is 2. The third-order valence-electron chi connectivity index (χ3n) is 2.76. The van der Waals surface area contributed by atoms with E-state index in [9.17, 15) is 4.79 Å². The molecule has 0 aliphatic heterocycles. The highest BCUT2D eigenvalue weighted by atomic mass is 16.5. The maximum atomic E-state index is 10.6. The largest absolute Gasteiger partial charge is 0.490 e. The number of carboxylic acids is 1. The van der Waals surface area contributed by atoms with Crippen molar-refractivity contribution in [1.82, 2.24) is 0 Å². The molecular weight excluding hydrogens is 240 g/mol. The zero-order valence-electron chi connectivity index (χ0n) is 10.7. The van der Waals surface area contributed by atoms with Crippen molar-refractivity contribution in [2.45, 2.75) is 19.4 Å². The van der Waals surface area contributed by atoms with Gasteiger partial charge in [-0.3, -0.25) is 4.79 Å². The molecule has 1 unspecified atom stereocenters. The Balaban J connectivity index is 2.05. The fourth-order valence-electron chi connectivity index (χ4n) is 1.88. The molecule has 0 saturated heterocycles. The van der Waals surface area contributed by atoms with Gasteiger partial charge in [0.2, 0.25) is 0 Å². The first-order valence-corrected chi connectivity index (χ1v) is 6.19. The number of hydrogen-bond acceptors (Lipinski definition) is 2. The lowest BCUT2D eigenvalue weighted by Crippen LogP contribution is -2.16. The van der Waals surface area contributed by atoms with Crippen LogP contribution in [0.1, 0.15) is 13.3 Å². The topological polar surface area (TPSA) is 46.5 Å². The number of carbonyl (C=O) groups is 1. The SMILES string of the molecule is CC(CC(=O)O)Oc1ccc(-c2ccccc2)cc1. The van der Waals surface area contributed by atoms with Crippen molar-refractivity contribution in [1.29, 1.82) is 0 Å². The smallest absolute Gasteiger partial charge is 0.307 e. The van der Waals surface area contributed by atoms with Crippen LogP contribution < -0.4 is 4.74 Å². The van der Waals surface area contributed by atoms with Crippen molar-refractivity contribution >= 4 is 5.97 Å². The molecular formula is C16H16O3. The van der Waals surface area contributed by atoms with Crippen LogP contribution in [0.4, 0.5) is 0 Å². The summed E-state index contributed by atoms with van der Waals surface area (Å²) in [5.74, 6) is -0.165. The molecule has 3 nitrogen and oxygen atoms in total. The predicted molar refractivity (Wildman–Crippen MR) is 74.2 cm³/mol. The summed E-state index contributed by atoms with van der Waals surface area (Å²) in [6.45, 7) is 1.75. The third kappa shape index (κ3) is 3.85. The van der Waals surface area contributed by atoms with Crippen LogP contribution in [-0.4, -0.2) is 17.2 Å². The van der Waals surface area contributed by atoms with Gasteiger partial charge in [-0.15, -0.1) is 0 Å². The predicted octanol–water partition coefficient (Wildman–Crippen LogP) is 3.60. The average molecular weight is 256 g/mol. The van der Waals surface area contributed by atoms with Gasteiger partial charge in [0, 0.05) is 0 Å². The molecule has 0 aliphatic carbocycles. The van der Waals surface area contributed by atoms with E-state index in [-0.39, 0.29) is 12.5 Å². The normalized spacial score (nSPS) is 11.8. The van der Waals surface area contributed by atoms with Crippen molar-refractivity contribution < 1.29 is 14.6 Å². The van der Waals surface area contributed by atoms with Gasteiger partial charge in [0.15, 0.2) is 0 Å². The maximum absolute atomic E-state index is 10.6. The minimum atomic E-state index is -0.853. The van der Waals surface area contributed by atoms with E-state index in [0.29, 0.717) is 5.75 Å². The molecule has 0 heterocycles. The van der Waals surface area contributed by atoms with Gasteiger partial charge < -0.3 is 9.84 Å². The van der Waals surface area contributed by atoms with E-state index in [0.717, 1.165) is 11.1 Å². The number of aliphatic carboxylic acids is 1. The van der Waals surface area contributed by atoms with Crippen molar-refractivity contribution in [3.05, 3.63) is 54.6 Å². The molecule has 2 aromatic rings. The number of ether oxygens (including phenoxy) is 1. The second-order valence-electron chi connectivity index (χ2n) is 4.42. The summed E-state index contributed by atoms with van der Waals surface area (Å²) in [6.07, 6.45) is -0.333. The van der Waals surface area contributed by atoms with Crippen molar-refractivity contribution in [2.75, 3.05) is 0 Å². The van der Waals surface area contributed by atoms with Gasteiger partial charge in [-0.2, -0.15) is 0 Å². The molecule has 0 amide bonds. The number of rotatable bonds is 5. The van der Waals surface area contributed by atoms with E-state index in [2.05, 4.69) is 0 Å². The highest BCUT2D eigenvalue weighted by Crippen LogP contribution is 2.22. The lowest BCUT2D eigenvalue weighted by molar-refractivity contribution is -0.138. The Kier molecular flexibility index (Phi) is 4.18. The first kappa shape index (κ1) is 13.1. The Hall–Kier alpha value is -2.29. The molecule has 1 atom stereocenters. The molecule has 1 N–H and O–H groups in total. The number of hydrogen-bond donors (Lipinski definition) is 1. The van der Waals surface area contributed by atoms with Gasteiger partial charge in [0.05, 0.1) is 6.42 Å². The van der Waals surface area contributed by atoms with E-state index in [4.69, 9.17) is 9.84 Å². The molecule has 0 aromatic heterocycles. The fourth-order valence-corrected chi connectivity index (χ4v) is 1.88. The minimum Gasteiger partial charge on any atom is -0.490 e. The molecule has 0 saturated carbocycles. The Bertz CT molecular complexity index is 532. The zero-order valence-corrected chi connectivity index (χ0v) is 10.7. The lowest BCUT2D eigenvalue weighted by atomic mass is 10.1. The van der Waals surface area contributed by atoms with Crippen LogP contribution in [0.15, 0.2) is 54.6 Å². The van der Waals surface area contributed by atoms with Crippen LogP contribution >= 0.6 is 0 Å². The molecule has 2 rings (SSSR count). The van der Waals surface area contributed by atoms with Crippen LogP contribution in [0, 0.1) is 0 Å². The third-order valence-corrected chi connectivity index (χ3v) is 2.76. The van der Waals surface area contributed by atoms with E-state index in [1.54, 1.807) is 6.92 Å². The van der Waals surface area contributed by atoms with E-state index < -0.39 is 5.97 Å². The summed E-state index contributed by atoms with van der Waals surface area (Å²) in [4.78, 5) is 10.6. The van der Waals surface area contributed by atoms with Crippen LogP contribution in [-0.2, 0) is 4.79 Å². The number of carboxylic acid groups (broad SMARTS) is 1. The molecule has 0 aliphatic rings. The molecule has 0 bridgehead atoms. The van der Waals surface area contributed by atoms with Gasteiger partial charge in [0.25, 0.3) is 0 Å². The second-order valence-corrected chi connectivity index (χ2v) is 4.42. The van der Waals surface area contributed by atoms with Gasteiger partial charge in [0.1, 0.15) is 11.9 Å². The highest BCUT2D eigenvalue weighted by molar-refractivity contribution is 5.67. The van der Waals surface area contributed by atoms with Crippen LogP contribution in [0.3, 0.4) is 0 Å². The van der Waals surface area contributed by atoms with Gasteiger partial charge in [-0.1, -0.05) is 42.5 Å². The zero-order chi connectivity index (χ0) is 13.7. The summed E-state index contributed by atoms with van der Waals surface area (Å²) in [5.41, 5.74) is 2.26. The molecule has 3 heteroatoms. The lowest BCUT2D eigenvalue weighted by Gasteiger charge is -2.13. The monoisotopic (exact) mass is 256 g/mol. The standard InChI is InChI=1S/C16H16O3/c1-12(11-16(17)18)19-15-9-7-14(8-10-15)13-5-3-2-4-6-13/h2-10,12H,11H2,1H3,(H,17,18).